The first-order valence-corrected chi connectivity index (χ1v) is 7.63. The molecular formula is C15H16BrClN2O. The topological polar surface area (TPSA) is 34.1 Å². The highest BCUT2D eigenvalue weighted by Gasteiger charge is 2.02. The Morgan fingerprint density at radius 1 is 1.30 bits per heavy atom. The predicted molar refractivity (Wildman–Crippen MR) is 86.5 cm³/mol. The van der Waals surface area contributed by atoms with Gasteiger partial charge in [0, 0.05) is 17.2 Å². The van der Waals surface area contributed by atoms with Crippen LogP contribution in [-0.2, 0) is 6.54 Å². The van der Waals surface area contributed by atoms with Gasteiger partial charge >= 0.3 is 0 Å². The van der Waals surface area contributed by atoms with Crippen molar-refractivity contribution in [2.24, 2.45) is 0 Å². The summed E-state index contributed by atoms with van der Waals surface area (Å²) in [6.07, 6.45) is 2.69. The van der Waals surface area contributed by atoms with Gasteiger partial charge in [0.1, 0.15) is 5.75 Å². The highest BCUT2D eigenvalue weighted by molar-refractivity contribution is 9.10. The van der Waals surface area contributed by atoms with Crippen molar-refractivity contribution in [3.05, 3.63) is 51.7 Å². The third-order valence-electron chi connectivity index (χ3n) is 2.68. The molecule has 0 bridgehead atoms. The quantitative estimate of drug-likeness (QED) is 0.748. The van der Waals surface area contributed by atoms with Gasteiger partial charge in [-0.2, -0.15) is 0 Å². The molecule has 1 N–H and O–H groups in total. The minimum Gasteiger partial charge on any atom is -0.494 e. The molecule has 20 heavy (non-hydrogen) atoms. The molecule has 0 saturated carbocycles. The van der Waals surface area contributed by atoms with Gasteiger partial charge in [0.25, 0.3) is 0 Å². The van der Waals surface area contributed by atoms with Crippen molar-refractivity contribution in [3.63, 3.8) is 0 Å². The smallest absolute Gasteiger partial charge is 0.152 e. The van der Waals surface area contributed by atoms with Crippen molar-refractivity contribution in [1.29, 1.82) is 0 Å². The Hall–Kier alpha value is -1.26. The lowest BCUT2D eigenvalue weighted by molar-refractivity contribution is 0.317. The highest BCUT2D eigenvalue weighted by Crippen LogP contribution is 2.23. The minimum absolute atomic E-state index is 0.469. The van der Waals surface area contributed by atoms with Gasteiger partial charge in [0.15, 0.2) is 5.15 Å². The van der Waals surface area contributed by atoms with Crippen LogP contribution in [0.4, 0.5) is 5.69 Å². The molecule has 2 rings (SSSR count). The van der Waals surface area contributed by atoms with Crippen LogP contribution in [0.15, 0.2) is 41.0 Å². The Kier molecular flexibility index (Phi) is 5.68. The van der Waals surface area contributed by atoms with E-state index in [0.29, 0.717) is 11.7 Å². The molecule has 3 nitrogen and oxygen atoms in total. The summed E-state index contributed by atoms with van der Waals surface area (Å²) in [5.74, 6) is 0.901. The molecule has 106 valence electrons. The average molecular weight is 356 g/mol. The molecule has 0 aliphatic rings. The van der Waals surface area contributed by atoms with Crippen molar-refractivity contribution in [3.8, 4) is 5.75 Å². The molecule has 0 amide bonds. The zero-order chi connectivity index (χ0) is 14.4. The lowest BCUT2D eigenvalue weighted by atomic mass is 10.2. The molecule has 0 aliphatic heterocycles. The fourth-order valence-corrected chi connectivity index (χ4v) is 2.17. The molecule has 0 aliphatic carbocycles. The van der Waals surface area contributed by atoms with Gasteiger partial charge in [-0.05, 0) is 46.1 Å². The van der Waals surface area contributed by atoms with E-state index in [1.165, 1.54) is 0 Å². The van der Waals surface area contributed by atoms with Crippen molar-refractivity contribution >= 4 is 33.2 Å². The fourth-order valence-electron chi connectivity index (χ4n) is 1.67. The Labute approximate surface area is 132 Å². The summed E-state index contributed by atoms with van der Waals surface area (Å²) in [6, 6.07) is 9.95. The third-order valence-corrected chi connectivity index (χ3v) is 3.42. The molecule has 0 fully saturated rings. The summed E-state index contributed by atoms with van der Waals surface area (Å²) in [5.41, 5.74) is 1.97. The average Bonchev–Trinajstić information content (AvgIpc) is 2.47. The van der Waals surface area contributed by atoms with Gasteiger partial charge in [-0.15, -0.1) is 0 Å². The molecule has 2 aromatic rings. The van der Waals surface area contributed by atoms with Crippen LogP contribution in [0.1, 0.15) is 18.9 Å². The van der Waals surface area contributed by atoms with Crippen LogP contribution in [0, 0.1) is 0 Å². The molecule has 1 aromatic heterocycles. The molecule has 0 atom stereocenters. The van der Waals surface area contributed by atoms with Crippen LogP contribution in [0.25, 0.3) is 0 Å². The number of rotatable bonds is 6. The summed E-state index contributed by atoms with van der Waals surface area (Å²) in [5, 5.41) is 3.74. The number of hydrogen-bond donors (Lipinski definition) is 1. The zero-order valence-electron chi connectivity index (χ0n) is 11.2. The van der Waals surface area contributed by atoms with E-state index in [4.69, 9.17) is 16.3 Å². The Morgan fingerprint density at radius 2 is 2.05 bits per heavy atom. The number of halogens is 2. The summed E-state index contributed by atoms with van der Waals surface area (Å²) >= 11 is 9.41. The monoisotopic (exact) mass is 354 g/mol. The van der Waals surface area contributed by atoms with E-state index < -0.39 is 0 Å². The van der Waals surface area contributed by atoms with Gasteiger partial charge in [0.05, 0.1) is 12.3 Å². The fraction of sp³-hybridized carbons (Fsp3) is 0.267. The third kappa shape index (κ3) is 4.39. The molecule has 5 heteroatoms. The Bertz CT molecular complexity index is 560. The van der Waals surface area contributed by atoms with E-state index in [1.54, 1.807) is 6.20 Å². The van der Waals surface area contributed by atoms with Crippen LogP contribution < -0.4 is 10.1 Å². The van der Waals surface area contributed by atoms with E-state index in [-0.39, 0.29) is 0 Å². The molecule has 0 saturated heterocycles. The summed E-state index contributed by atoms with van der Waals surface area (Å²) in [6.45, 7) is 3.52. The second-order valence-electron chi connectivity index (χ2n) is 4.34. The van der Waals surface area contributed by atoms with Gasteiger partial charge < -0.3 is 10.1 Å². The van der Waals surface area contributed by atoms with Crippen LogP contribution in [-0.4, -0.2) is 11.6 Å². The molecular weight excluding hydrogens is 340 g/mol. The van der Waals surface area contributed by atoms with Crippen LogP contribution in [0.3, 0.4) is 0 Å². The number of ether oxygens (including phenoxy) is 1. The number of aromatic nitrogens is 1. The zero-order valence-corrected chi connectivity index (χ0v) is 13.5. The summed E-state index contributed by atoms with van der Waals surface area (Å²) in [7, 11) is 0. The molecule has 1 aromatic carbocycles. The van der Waals surface area contributed by atoms with Crippen molar-refractivity contribution in [2.75, 3.05) is 11.9 Å². The standard InChI is InChI=1S/C15H16BrClN2O/c1-2-7-20-13-5-3-11(4-6-13)9-18-14-8-12(16)10-19-15(14)17/h3-6,8,10,18H,2,7,9H2,1H3. The lowest BCUT2D eigenvalue weighted by Crippen LogP contribution is -2.01. The van der Waals surface area contributed by atoms with E-state index in [2.05, 4.69) is 33.2 Å². The van der Waals surface area contributed by atoms with E-state index in [1.807, 2.05) is 30.3 Å². The van der Waals surface area contributed by atoms with Crippen LogP contribution >= 0.6 is 27.5 Å². The molecule has 0 radical (unpaired) electrons. The van der Waals surface area contributed by atoms with Gasteiger partial charge in [0.2, 0.25) is 0 Å². The highest BCUT2D eigenvalue weighted by atomic mass is 79.9. The Morgan fingerprint density at radius 3 is 2.75 bits per heavy atom. The summed E-state index contributed by atoms with van der Waals surface area (Å²) < 4.78 is 6.45. The maximum atomic E-state index is 6.03. The van der Waals surface area contributed by atoms with E-state index in [9.17, 15) is 0 Å². The maximum absolute atomic E-state index is 6.03. The number of benzene rings is 1. The number of pyridine rings is 1. The minimum atomic E-state index is 0.469. The van der Waals surface area contributed by atoms with Crippen molar-refractivity contribution < 1.29 is 4.74 Å². The van der Waals surface area contributed by atoms with E-state index >= 15 is 0 Å². The first kappa shape index (κ1) is 15.1. The first-order chi connectivity index (χ1) is 9.69. The molecule has 0 spiro atoms. The van der Waals surface area contributed by atoms with Crippen molar-refractivity contribution in [1.82, 2.24) is 4.98 Å². The number of nitrogens with zero attached hydrogens (tertiary/aromatic N) is 1. The van der Waals surface area contributed by atoms with Crippen LogP contribution in [0.5, 0.6) is 5.75 Å². The lowest BCUT2D eigenvalue weighted by Gasteiger charge is -2.09. The van der Waals surface area contributed by atoms with Gasteiger partial charge in [-0.1, -0.05) is 30.7 Å². The normalized spacial score (nSPS) is 10.3. The molecule has 1 heterocycles. The maximum Gasteiger partial charge on any atom is 0.152 e. The van der Waals surface area contributed by atoms with Crippen LogP contribution in [0.2, 0.25) is 5.15 Å². The predicted octanol–water partition coefficient (Wildman–Crippen LogP) is 4.90. The molecule has 0 unspecified atom stereocenters. The number of nitrogens with one attached hydrogen (secondary N) is 1. The van der Waals surface area contributed by atoms with Gasteiger partial charge in [-0.3, -0.25) is 0 Å². The Balaban J connectivity index is 1.95. The number of anilines is 1. The second kappa shape index (κ2) is 7.50. The first-order valence-electron chi connectivity index (χ1n) is 6.45. The van der Waals surface area contributed by atoms with E-state index in [0.717, 1.165) is 34.5 Å². The largest absolute Gasteiger partial charge is 0.494 e. The van der Waals surface area contributed by atoms with Gasteiger partial charge in [-0.25, -0.2) is 4.98 Å². The number of hydrogen-bond acceptors (Lipinski definition) is 3. The van der Waals surface area contributed by atoms with Crippen molar-refractivity contribution in [2.45, 2.75) is 19.9 Å². The SMILES string of the molecule is CCCOc1ccc(CNc2cc(Br)cnc2Cl)cc1. The summed E-state index contributed by atoms with van der Waals surface area (Å²) in [4.78, 5) is 4.07. The second-order valence-corrected chi connectivity index (χ2v) is 5.61.